The van der Waals surface area contributed by atoms with Gasteiger partial charge in [0.25, 0.3) is 0 Å². The van der Waals surface area contributed by atoms with Gasteiger partial charge in [-0.15, -0.1) is 0 Å². The first-order valence-electron chi connectivity index (χ1n) is 5.28. The second kappa shape index (κ2) is 5.21. The number of carboxylic acids is 1. The van der Waals surface area contributed by atoms with Gasteiger partial charge in [0.2, 0.25) is 5.82 Å². The van der Waals surface area contributed by atoms with Crippen LogP contribution in [-0.2, 0) is 4.79 Å². The van der Waals surface area contributed by atoms with Crippen molar-refractivity contribution >= 4 is 29.2 Å². The zero-order valence-corrected chi connectivity index (χ0v) is 10.2. The monoisotopic (exact) mass is 269 g/mol. The molecule has 0 aliphatic carbocycles. The number of rotatable bonds is 3. The molecule has 8 heteroatoms. The van der Waals surface area contributed by atoms with Gasteiger partial charge in [0.15, 0.2) is 0 Å². The summed E-state index contributed by atoms with van der Waals surface area (Å²) in [6, 6.07) is 2.04. The van der Waals surface area contributed by atoms with Gasteiger partial charge < -0.3 is 10.0 Å². The SMILES string of the molecule is O=C(O)C1CSCCN1c1ncccc1[N+](=O)[O-]. The minimum absolute atomic E-state index is 0.134. The van der Waals surface area contributed by atoms with Crippen LogP contribution < -0.4 is 4.90 Å². The Kier molecular flexibility index (Phi) is 3.66. The number of anilines is 1. The summed E-state index contributed by atoms with van der Waals surface area (Å²) in [5.41, 5.74) is -0.157. The number of nitro groups is 1. The van der Waals surface area contributed by atoms with Crippen LogP contribution in [0.2, 0.25) is 0 Å². The third-order valence-corrected chi connectivity index (χ3v) is 3.67. The third-order valence-electron chi connectivity index (χ3n) is 2.65. The molecule has 1 fully saturated rings. The summed E-state index contributed by atoms with van der Waals surface area (Å²) in [7, 11) is 0. The van der Waals surface area contributed by atoms with Crippen LogP contribution in [0.4, 0.5) is 11.5 Å². The van der Waals surface area contributed by atoms with E-state index in [-0.39, 0.29) is 11.5 Å². The van der Waals surface area contributed by atoms with Crippen molar-refractivity contribution in [3.8, 4) is 0 Å². The van der Waals surface area contributed by atoms with Crippen LogP contribution in [0.5, 0.6) is 0 Å². The smallest absolute Gasteiger partial charge is 0.327 e. The summed E-state index contributed by atoms with van der Waals surface area (Å²) < 4.78 is 0. The summed E-state index contributed by atoms with van der Waals surface area (Å²) in [5, 5.41) is 20.1. The summed E-state index contributed by atoms with van der Waals surface area (Å²) in [4.78, 5) is 27.0. The zero-order chi connectivity index (χ0) is 13.1. The summed E-state index contributed by atoms with van der Waals surface area (Å²) in [6.45, 7) is 0.444. The Morgan fingerprint density at radius 2 is 2.44 bits per heavy atom. The first-order chi connectivity index (χ1) is 8.61. The highest BCUT2D eigenvalue weighted by Gasteiger charge is 2.33. The molecule has 1 unspecified atom stereocenters. The van der Waals surface area contributed by atoms with E-state index in [0.717, 1.165) is 5.75 Å². The van der Waals surface area contributed by atoms with E-state index in [4.69, 9.17) is 5.11 Å². The molecule has 1 N–H and O–H groups in total. The maximum Gasteiger partial charge on any atom is 0.327 e. The van der Waals surface area contributed by atoms with E-state index in [1.165, 1.54) is 35.0 Å². The molecule has 1 aliphatic heterocycles. The van der Waals surface area contributed by atoms with Crippen molar-refractivity contribution < 1.29 is 14.8 Å². The molecule has 1 saturated heterocycles. The number of nitrogens with zero attached hydrogens (tertiary/aromatic N) is 3. The molecule has 2 rings (SSSR count). The van der Waals surface area contributed by atoms with Crippen LogP contribution in [0, 0.1) is 10.1 Å². The first-order valence-corrected chi connectivity index (χ1v) is 6.43. The fraction of sp³-hybridized carbons (Fsp3) is 0.400. The third kappa shape index (κ3) is 2.37. The van der Waals surface area contributed by atoms with E-state index in [1.54, 1.807) is 0 Å². The van der Waals surface area contributed by atoms with Gasteiger partial charge in [-0.25, -0.2) is 9.78 Å². The summed E-state index contributed by atoms with van der Waals surface area (Å²) in [6.07, 6.45) is 1.43. The number of aliphatic carboxylic acids is 1. The molecule has 18 heavy (non-hydrogen) atoms. The number of hydrogen-bond donors (Lipinski definition) is 1. The average molecular weight is 269 g/mol. The maximum absolute atomic E-state index is 11.2. The van der Waals surface area contributed by atoms with Crippen LogP contribution in [0.25, 0.3) is 0 Å². The molecule has 1 aliphatic rings. The van der Waals surface area contributed by atoms with E-state index >= 15 is 0 Å². The fourth-order valence-corrected chi connectivity index (χ4v) is 2.85. The molecular formula is C10H11N3O4S. The van der Waals surface area contributed by atoms with E-state index in [9.17, 15) is 14.9 Å². The number of aromatic nitrogens is 1. The van der Waals surface area contributed by atoms with Crippen molar-refractivity contribution in [2.45, 2.75) is 6.04 Å². The largest absolute Gasteiger partial charge is 0.480 e. The predicted octanol–water partition coefficient (Wildman–Crippen LogP) is 0.996. The Morgan fingerprint density at radius 3 is 3.11 bits per heavy atom. The van der Waals surface area contributed by atoms with Gasteiger partial charge >= 0.3 is 11.7 Å². The topological polar surface area (TPSA) is 96.6 Å². The fourth-order valence-electron chi connectivity index (χ4n) is 1.81. The van der Waals surface area contributed by atoms with Crippen molar-refractivity contribution in [1.82, 2.24) is 4.98 Å². The van der Waals surface area contributed by atoms with Crippen molar-refractivity contribution in [2.75, 3.05) is 23.0 Å². The number of hydrogen-bond acceptors (Lipinski definition) is 6. The molecule has 0 saturated carbocycles. The Morgan fingerprint density at radius 1 is 1.67 bits per heavy atom. The standard InChI is InChI=1S/C10H11N3O4S/c14-10(15)8-6-18-5-4-12(8)9-7(13(16)17)2-1-3-11-9/h1-3,8H,4-6H2,(H,14,15). The van der Waals surface area contributed by atoms with Gasteiger partial charge in [0.1, 0.15) is 6.04 Å². The van der Waals surface area contributed by atoms with Crippen LogP contribution in [-0.4, -0.2) is 45.1 Å². The number of carboxylic acid groups (broad SMARTS) is 1. The highest BCUT2D eigenvalue weighted by atomic mass is 32.2. The second-order valence-electron chi connectivity index (χ2n) is 3.73. The molecular weight excluding hydrogens is 258 g/mol. The molecule has 96 valence electrons. The molecule has 2 heterocycles. The lowest BCUT2D eigenvalue weighted by Crippen LogP contribution is -2.48. The molecule has 0 spiro atoms. The summed E-state index contributed by atoms with van der Waals surface area (Å²) in [5.74, 6) is 0.290. The molecule has 1 atom stereocenters. The van der Waals surface area contributed by atoms with Crippen LogP contribution in [0.15, 0.2) is 18.3 Å². The van der Waals surface area contributed by atoms with Gasteiger partial charge in [-0.2, -0.15) is 11.8 Å². The molecule has 7 nitrogen and oxygen atoms in total. The molecule has 0 bridgehead atoms. The zero-order valence-electron chi connectivity index (χ0n) is 9.35. The molecule has 1 aromatic heterocycles. The quantitative estimate of drug-likeness (QED) is 0.645. The molecule has 0 aromatic carbocycles. The van der Waals surface area contributed by atoms with Gasteiger partial charge in [-0.3, -0.25) is 10.1 Å². The lowest BCUT2D eigenvalue weighted by atomic mass is 10.2. The van der Waals surface area contributed by atoms with E-state index in [0.29, 0.717) is 12.3 Å². The van der Waals surface area contributed by atoms with E-state index in [2.05, 4.69) is 4.98 Å². The van der Waals surface area contributed by atoms with Gasteiger partial charge in [0.05, 0.1) is 4.92 Å². The Bertz CT molecular complexity index is 482. The molecule has 0 radical (unpaired) electrons. The highest BCUT2D eigenvalue weighted by Crippen LogP contribution is 2.29. The minimum atomic E-state index is -0.984. The van der Waals surface area contributed by atoms with Crippen LogP contribution >= 0.6 is 11.8 Å². The molecule has 1 aromatic rings. The number of thioether (sulfide) groups is 1. The van der Waals surface area contributed by atoms with Crippen LogP contribution in [0.1, 0.15) is 0 Å². The van der Waals surface area contributed by atoms with Gasteiger partial charge in [-0.1, -0.05) is 0 Å². The first kappa shape index (κ1) is 12.6. The lowest BCUT2D eigenvalue weighted by molar-refractivity contribution is -0.384. The van der Waals surface area contributed by atoms with Crippen molar-refractivity contribution in [2.24, 2.45) is 0 Å². The van der Waals surface area contributed by atoms with Crippen molar-refractivity contribution in [3.05, 3.63) is 28.4 Å². The van der Waals surface area contributed by atoms with Crippen molar-refractivity contribution in [1.29, 1.82) is 0 Å². The Balaban J connectivity index is 2.39. The van der Waals surface area contributed by atoms with Crippen molar-refractivity contribution in [3.63, 3.8) is 0 Å². The second-order valence-corrected chi connectivity index (χ2v) is 4.88. The summed E-state index contributed by atoms with van der Waals surface area (Å²) >= 11 is 1.52. The predicted molar refractivity (Wildman–Crippen MR) is 67.0 cm³/mol. The lowest BCUT2D eigenvalue weighted by Gasteiger charge is -2.32. The number of pyridine rings is 1. The maximum atomic E-state index is 11.2. The number of carbonyl (C=O) groups is 1. The molecule has 0 amide bonds. The average Bonchev–Trinajstić information content (AvgIpc) is 2.38. The highest BCUT2D eigenvalue weighted by molar-refractivity contribution is 7.99. The van der Waals surface area contributed by atoms with Gasteiger partial charge in [0, 0.05) is 30.3 Å². The van der Waals surface area contributed by atoms with Crippen LogP contribution in [0.3, 0.4) is 0 Å². The normalized spacial score (nSPS) is 19.6. The van der Waals surface area contributed by atoms with E-state index < -0.39 is 16.9 Å². The Labute approximate surface area is 107 Å². The Hall–Kier alpha value is -1.83. The van der Waals surface area contributed by atoms with Gasteiger partial charge in [-0.05, 0) is 6.07 Å². The van der Waals surface area contributed by atoms with E-state index in [1.807, 2.05) is 0 Å². The minimum Gasteiger partial charge on any atom is -0.480 e.